The molecule has 2 N–H and O–H groups in total. The number of pyridine rings is 1. The third kappa shape index (κ3) is 3.25. The predicted octanol–water partition coefficient (Wildman–Crippen LogP) is 1.54. The number of aliphatic hydroxyl groups excluding tert-OH is 1. The quantitative estimate of drug-likeness (QED) is 0.815. The van der Waals surface area contributed by atoms with Gasteiger partial charge in [-0.25, -0.2) is 4.98 Å². The zero-order valence-corrected chi connectivity index (χ0v) is 11.4. The van der Waals surface area contributed by atoms with Gasteiger partial charge in [-0.2, -0.15) is 0 Å². The van der Waals surface area contributed by atoms with Crippen molar-refractivity contribution in [3.63, 3.8) is 0 Å². The van der Waals surface area contributed by atoms with Crippen molar-refractivity contribution in [1.29, 1.82) is 0 Å². The number of aliphatic hydroxyl groups is 1. The molecule has 104 valence electrons. The summed E-state index contributed by atoms with van der Waals surface area (Å²) in [7, 11) is 0. The van der Waals surface area contributed by atoms with Crippen LogP contribution in [0.25, 0.3) is 0 Å². The third-order valence-electron chi connectivity index (χ3n) is 4.15. The molecular formula is C15H23N3O. The molecule has 0 bridgehead atoms. The van der Waals surface area contributed by atoms with E-state index in [9.17, 15) is 0 Å². The van der Waals surface area contributed by atoms with E-state index in [0.717, 1.165) is 37.9 Å². The van der Waals surface area contributed by atoms with Crippen LogP contribution in [0, 0.1) is 5.92 Å². The van der Waals surface area contributed by atoms with Crippen LogP contribution in [0.4, 0.5) is 5.82 Å². The maximum Gasteiger partial charge on any atom is 0.133 e. The molecule has 0 radical (unpaired) electrons. The molecule has 1 aromatic rings. The van der Waals surface area contributed by atoms with Gasteiger partial charge in [-0.1, -0.05) is 6.07 Å². The summed E-state index contributed by atoms with van der Waals surface area (Å²) >= 11 is 0. The van der Waals surface area contributed by atoms with Crippen LogP contribution in [0.2, 0.25) is 0 Å². The maximum absolute atomic E-state index is 9.05. The van der Waals surface area contributed by atoms with Crippen LogP contribution in [-0.4, -0.2) is 35.8 Å². The van der Waals surface area contributed by atoms with Crippen molar-refractivity contribution in [2.24, 2.45) is 5.92 Å². The number of anilines is 1. The first-order valence-corrected chi connectivity index (χ1v) is 7.40. The summed E-state index contributed by atoms with van der Waals surface area (Å²) in [5, 5.41) is 12.6. The molecule has 4 heteroatoms. The predicted molar refractivity (Wildman–Crippen MR) is 76.1 cm³/mol. The molecule has 1 saturated carbocycles. The lowest BCUT2D eigenvalue weighted by atomic mass is 10.1. The van der Waals surface area contributed by atoms with Crippen molar-refractivity contribution in [1.82, 2.24) is 10.3 Å². The van der Waals surface area contributed by atoms with E-state index in [1.165, 1.54) is 24.8 Å². The molecule has 0 aromatic carbocycles. The number of hydrogen-bond acceptors (Lipinski definition) is 4. The highest BCUT2D eigenvalue weighted by Crippen LogP contribution is 2.27. The minimum absolute atomic E-state index is 0.302. The van der Waals surface area contributed by atoms with Crippen LogP contribution >= 0.6 is 0 Å². The topological polar surface area (TPSA) is 48.4 Å². The van der Waals surface area contributed by atoms with E-state index in [2.05, 4.69) is 21.3 Å². The molecular weight excluding hydrogens is 238 g/mol. The number of hydrogen-bond donors (Lipinski definition) is 2. The molecule has 0 spiro atoms. The number of nitrogens with one attached hydrogen (secondary N) is 1. The molecule has 4 nitrogen and oxygen atoms in total. The van der Waals surface area contributed by atoms with Crippen LogP contribution in [0.15, 0.2) is 18.3 Å². The smallest absolute Gasteiger partial charge is 0.133 e. The Balaban J connectivity index is 1.65. The Kier molecular flexibility index (Phi) is 3.99. The van der Waals surface area contributed by atoms with Gasteiger partial charge in [0.15, 0.2) is 0 Å². The number of nitrogens with zero attached hydrogens (tertiary/aromatic N) is 2. The van der Waals surface area contributed by atoms with E-state index in [-0.39, 0.29) is 0 Å². The van der Waals surface area contributed by atoms with Gasteiger partial charge in [0, 0.05) is 44.0 Å². The first-order valence-electron chi connectivity index (χ1n) is 7.40. The highest BCUT2D eigenvalue weighted by atomic mass is 16.3. The first kappa shape index (κ1) is 12.9. The minimum atomic E-state index is 0.302. The standard InChI is InChI=1S/C15H23N3O/c19-9-6-12-5-8-18(11-12)15-13(2-1-7-16-15)10-17-14-3-4-14/h1-2,7,12,14,17,19H,3-6,8-11H2. The summed E-state index contributed by atoms with van der Waals surface area (Å²) in [4.78, 5) is 6.96. The summed E-state index contributed by atoms with van der Waals surface area (Å²) in [6.07, 6.45) is 6.61. The van der Waals surface area contributed by atoms with Gasteiger partial charge in [-0.3, -0.25) is 0 Å². The lowest BCUT2D eigenvalue weighted by Crippen LogP contribution is -2.24. The zero-order valence-electron chi connectivity index (χ0n) is 11.4. The van der Waals surface area contributed by atoms with Crippen molar-refractivity contribution in [3.05, 3.63) is 23.9 Å². The molecule has 2 aliphatic rings. The average molecular weight is 261 g/mol. The maximum atomic E-state index is 9.05. The van der Waals surface area contributed by atoms with Gasteiger partial charge < -0.3 is 15.3 Å². The summed E-state index contributed by atoms with van der Waals surface area (Å²) in [5.74, 6) is 1.76. The summed E-state index contributed by atoms with van der Waals surface area (Å²) in [6, 6.07) is 4.93. The van der Waals surface area contributed by atoms with Crippen LogP contribution < -0.4 is 10.2 Å². The minimum Gasteiger partial charge on any atom is -0.396 e. The third-order valence-corrected chi connectivity index (χ3v) is 4.15. The van der Waals surface area contributed by atoms with Crippen molar-refractivity contribution in [2.75, 3.05) is 24.6 Å². The molecule has 2 fully saturated rings. The fraction of sp³-hybridized carbons (Fsp3) is 0.667. The lowest BCUT2D eigenvalue weighted by Gasteiger charge is -2.21. The Labute approximate surface area is 114 Å². The van der Waals surface area contributed by atoms with E-state index >= 15 is 0 Å². The molecule has 1 aliphatic heterocycles. The summed E-state index contributed by atoms with van der Waals surface area (Å²) in [6.45, 7) is 3.33. The van der Waals surface area contributed by atoms with Crippen LogP contribution in [0.3, 0.4) is 0 Å². The second-order valence-electron chi connectivity index (χ2n) is 5.75. The van der Waals surface area contributed by atoms with Crippen molar-refractivity contribution in [2.45, 2.75) is 38.3 Å². The molecule has 2 heterocycles. The Hall–Kier alpha value is -1.13. The van der Waals surface area contributed by atoms with Crippen molar-refractivity contribution in [3.8, 4) is 0 Å². The van der Waals surface area contributed by atoms with Gasteiger partial charge in [-0.05, 0) is 37.7 Å². The van der Waals surface area contributed by atoms with E-state index < -0.39 is 0 Å². The van der Waals surface area contributed by atoms with E-state index in [4.69, 9.17) is 5.11 Å². The van der Waals surface area contributed by atoms with Crippen LogP contribution in [0.5, 0.6) is 0 Å². The SMILES string of the molecule is OCCC1CCN(c2ncccc2CNC2CC2)C1. The first-order chi connectivity index (χ1) is 9.36. The Morgan fingerprint density at radius 3 is 3.05 bits per heavy atom. The normalized spacial score (nSPS) is 23.0. The Bertz CT molecular complexity index is 420. The average Bonchev–Trinajstić information content (AvgIpc) is 3.16. The molecule has 1 aliphatic carbocycles. The second kappa shape index (κ2) is 5.88. The summed E-state index contributed by atoms with van der Waals surface area (Å²) < 4.78 is 0. The molecule has 1 aromatic heterocycles. The van der Waals surface area contributed by atoms with Gasteiger partial charge in [-0.15, -0.1) is 0 Å². The van der Waals surface area contributed by atoms with E-state index in [0.29, 0.717) is 12.5 Å². The largest absolute Gasteiger partial charge is 0.396 e. The highest BCUT2D eigenvalue weighted by molar-refractivity contribution is 5.47. The van der Waals surface area contributed by atoms with E-state index in [1.807, 2.05) is 12.3 Å². The number of aromatic nitrogens is 1. The lowest BCUT2D eigenvalue weighted by molar-refractivity contribution is 0.263. The van der Waals surface area contributed by atoms with Gasteiger partial charge in [0.1, 0.15) is 5.82 Å². The molecule has 1 atom stereocenters. The Morgan fingerprint density at radius 1 is 1.37 bits per heavy atom. The molecule has 1 saturated heterocycles. The summed E-state index contributed by atoms with van der Waals surface area (Å²) in [5.41, 5.74) is 1.30. The molecule has 1 unspecified atom stereocenters. The monoisotopic (exact) mass is 261 g/mol. The fourth-order valence-corrected chi connectivity index (χ4v) is 2.84. The number of rotatable bonds is 6. The van der Waals surface area contributed by atoms with Gasteiger partial charge in [0.05, 0.1) is 0 Å². The van der Waals surface area contributed by atoms with Crippen LogP contribution in [-0.2, 0) is 6.54 Å². The molecule has 3 rings (SSSR count). The zero-order chi connectivity index (χ0) is 13.1. The van der Waals surface area contributed by atoms with Crippen molar-refractivity contribution >= 4 is 5.82 Å². The Morgan fingerprint density at radius 2 is 2.26 bits per heavy atom. The van der Waals surface area contributed by atoms with Crippen molar-refractivity contribution < 1.29 is 5.11 Å². The fourth-order valence-electron chi connectivity index (χ4n) is 2.84. The highest BCUT2D eigenvalue weighted by Gasteiger charge is 2.25. The van der Waals surface area contributed by atoms with Crippen LogP contribution in [0.1, 0.15) is 31.2 Å². The molecule has 19 heavy (non-hydrogen) atoms. The second-order valence-corrected chi connectivity index (χ2v) is 5.75. The van der Waals surface area contributed by atoms with Gasteiger partial charge in [0.25, 0.3) is 0 Å². The van der Waals surface area contributed by atoms with E-state index in [1.54, 1.807) is 0 Å². The van der Waals surface area contributed by atoms with Gasteiger partial charge in [0.2, 0.25) is 0 Å². The van der Waals surface area contributed by atoms with Gasteiger partial charge >= 0.3 is 0 Å². The molecule has 0 amide bonds.